The normalized spacial score (nSPS) is 12.5. The fourth-order valence-electron chi connectivity index (χ4n) is 4.77. The largest absolute Gasteiger partial charge is 0.457 e. The number of para-hydroxylation sites is 1. The minimum atomic E-state index is -3.94. The van der Waals surface area contributed by atoms with Gasteiger partial charge in [-0.2, -0.15) is 0 Å². The molecule has 2 atom stereocenters. The topological polar surface area (TPSA) is 96.0 Å². The molecule has 46 heavy (non-hydrogen) atoms. The van der Waals surface area contributed by atoms with Crippen LogP contribution < -0.4 is 14.4 Å². The van der Waals surface area contributed by atoms with Crippen LogP contribution in [0.3, 0.4) is 0 Å². The third-order valence-corrected chi connectivity index (χ3v) is 9.29. The molecule has 0 aliphatic carbocycles. The summed E-state index contributed by atoms with van der Waals surface area (Å²) in [6.07, 6.45) is 1.89. The summed E-state index contributed by atoms with van der Waals surface area (Å²) in [7, 11) is -3.94. The number of nitrogens with one attached hydrogen (secondary N) is 1. The molecular formula is C35H37Cl2N3O5S. The van der Waals surface area contributed by atoms with Crippen molar-refractivity contribution in [1.82, 2.24) is 10.2 Å². The number of anilines is 1. The van der Waals surface area contributed by atoms with Crippen LogP contribution in [-0.4, -0.2) is 50.0 Å². The second-order valence-electron chi connectivity index (χ2n) is 10.9. The first kappa shape index (κ1) is 34.8. The lowest BCUT2D eigenvalue weighted by Gasteiger charge is -2.34. The Bertz CT molecular complexity index is 1700. The van der Waals surface area contributed by atoms with Crippen molar-refractivity contribution >= 4 is 50.7 Å². The first-order valence-corrected chi connectivity index (χ1v) is 17.4. The average Bonchev–Trinajstić information content (AvgIpc) is 3.03. The Hall–Kier alpha value is -4.05. The van der Waals surface area contributed by atoms with Crippen LogP contribution >= 0.6 is 23.2 Å². The molecule has 0 saturated heterocycles. The van der Waals surface area contributed by atoms with Gasteiger partial charge in [0.15, 0.2) is 0 Å². The number of carbonyl (C=O) groups excluding carboxylic acids is 2. The van der Waals surface area contributed by atoms with E-state index in [0.29, 0.717) is 33.5 Å². The van der Waals surface area contributed by atoms with Crippen LogP contribution in [0.15, 0.2) is 103 Å². The van der Waals surface area contributed by atoms with Gasteiger partial charge in [-0.25, -0.2) is 8.42 Å². The highest BCUT2D eigenvalue weighted by Crippen LogP contribution is 2.29. The molecule has 242 valence electrons. The summed E-state index contributed by atoms with van der Waals surface area (Å²) in [4.78, 5) is 29.5. The standard InChI is InChI=1S/C35H37Cl2N3O5S/c1-4-25(2)38-35(42)33(22-26-12-7-5-8-13-26)39(23-30-31(36)16-11-17-32(30)37)34(41)24-40(46(3,43)44)27-18-20-29(21-19-27)45-28-14-9-6-10-15-28/h5-21,25,33H,4,22-24H2,1-3H3,(H,38,42)/t25-,33+/m0/s1. The number of sulfonamides is 1. The van der Waals surface area contributed by atoms with Crippen LogP contribution in [-0.2, 0) is 32.6 Å². The molecule has 0 unspecified atom stereocenters. The van der Waals surface area contributed by atoms with Gasteiger partial charge in [-0.05, 0) is 67.4 Å². The molecule has 0 fully saturated rings. The summed E-state index contributed by atoms with van der Waals surface area (Å²) in [6.45, 7) is 3.14. The zero-order valence-corrected chi connectivity index (χ0v) is 28.2. The molecule has 2 amide bonds. The second-order valence-corrected chi connectivity index (χ2v) is 13.6. The van der Waals surface area contributed by atoms with Gasteiger partial charge in [-0.1, -0.05) is 84.7 Å². The SMILES string of the molecule is CC[C@H](C)NC(=O)[C@@H](Cc1ccccc1)N(Cc1c(Cl)cccc1Cl)C(=O)CN(c1ccc(Oc2ccccc2)cc1)S(C)(=O)=O. The molecule has 0 aromatic heterocycles. The van der Waals surface area contributed by atoms with E-state index in [1.165, 1.54) is 4.90 Å². The maximum atomic E-state index is 14.3. The van der Waals surface area contributed by atoms with Gasteiger partial charge in [-0.15, -0.1) is 0 Å². The number of amides is 2. The van der Waals surface area contributed by atoms with Crippen LogP contribution in [0.2, 0.25) is 10.0 Å². The monoisotopic (exact) mass is 681 g/mol. The van der Waals surface area contributed by atoms with Crippen molar-refractivity contribution in [2.45, 2.75) is 45.3 Å². The molecule has 4 aromatic carbocycles. The van der Waals surface area contributed by atoms with Crippen molar-refractivity contribution in [3.05, 3.63) is 124 Å². The van der Waals surface area contributed by atoms with Gasteiger partial charge in [0.05, 0.1) is 11.9 Å². The van der Waals surface area contributed by atoms with E-state index in [-0.39, 0.29) is 30.6 Å². The molecule has 0 bridgehead atoms. The van der Waals surface area contributed by atoms with Crippen molar-refractivity contribution in [3.8, 4) is 11.5 Å². The molecule has 4 aromatic rings. The van der Waals surface area contributed by atoms with E-state index in [2.05, 4.69) is 5.32 Å². The lowest BCUT2D eigenvalue weighted by molar-refractivity contribution is -0.140. The van der Waals surface area contributed by atoms with E-state index in [4.69, 9.17) is 27.9 Å². The number of ether oxygens (including phenoxy) is 1. The summed E-state index contributed by atoms with van der Waals surface area (Å²) in [6, 6.07) is 28.7. The number of hydrogen-bond donors (Lipinski definition) is 1. The smallest absolute Gasteiger partial charge is 0.244 e. The Morgan fingerprint density at radius 2 is 1.39 bits per heavy atom. The summed E-state index contributed by atoms with van der Waals surface area (Å²) in [5.74, 6) is 0.142. The van der Waals surface area contributed by atoms with E-state index < -0.39 is 28.5 Å². The van der Waals surface area contributed by atoms with Gasteiger partial charge >= 0.3 is 0 Å². The molecule has 11 heteroatoms. The zero-order chi connectivity index (χ0) is 33.3. The van der Waals surface area contributed by atoms with E-state index >= 15 is 0 Å². The fraction of sp³-hybridized carbons (Fsp3) is 0.257. The summed E-state index contributed by atoms with van der Waals surface area (Å²) >= 11 is 13.1. The molecular weight excluding hydrogens is 645 g/mol. The molecule has 1 N–H and O–H groups in total. The molecule has 8 nitrogen and oxygen atoms in total. The highest BCUT2D eigenvalue weighted by molar-refractivity contribution is 7.92. The zero-order valence-electron chi connectivity index (χ0n) is 25.9. The lowest BCUT2D eigenvalue weighted by atomic mass is 10.0. The van der Waals surface area contributed by atoms with Gasteiger partial charge in [0.25, 0.3) is 0 Å². The lowest BCUT2D eigenvalue weighted by Crippen LogP contribution is -2.54. The van der Waals surface area contributed by atoms with Gasteiger partial charge in [-0.3, -0.25) is 13.9 Å². The van der Waals surface area contributed by atoms with E-state index in [9.17, 15) is 18.0 Å². The Morgan fingerprint density at radius 1 is 0.826 bits per heavy atom. The fourth-order valence-corrected chi connectivity index (χ4v) is 6.13. The van der Waals surface area contributed by atoms with Crippen molar-refractivity contribution in [3.63, 3.8) is 0 Å². The Kier molecular flexibility index (Phi) is 12.1. The van der Waals surface area contributed by atoms with Crippen molar-refractivity contribution in [1.29, 1.82) is 0 Å². The summed E-state index contributed by atoms with van der Waals surface area (Å²) in [5, 5.41) is 3.64. The van der Waals surface area contributed by atoms with Crippen LogP contribution in [0.4, 0.5) is 5.69 Å². The van der Waals surface area contributed by atoms with Crippen LogP contribution in [0.25, 0.3) is 0 Å². The summed E-state index contributed by atoms with van der Waals surface area (Å²) in [5.41, 5.74) is 1.53. The van der Waals surface area contributed by atoms with Crippen molar-refractivity contribution in [2.75, 3.05) is 17.1 Å². The van der Waals surface area contributed by atoms with Gasteiger partial charge in [0.2, 0.25) is 21.8 Å². The Labute approximate surface area is 280 Å². The maximum Gasteiger partial charge on any atom is 0.244 e. The van der Waals surface area contributed by atoms with Gasteiger partial charge in [0, 0.05) is 34.6 Å². The first-order chi connectivity index (χ1) is 22.0. The highest BCUT2D eigenvalue weighted by Gasteiger charge is 2.34. The number of benzene rings is 4. The molecule has 4 rings (SSSR count). The van der Waals surface area contributed by atoms with Gasteiger partial charge < -0.3 is 15.0 Å². The van der Waals surface area contributed by atoms with E-state index in [0.717, 1.165) is 16.1 Å². The van der Waals surface area contributed by atoms with Crippen molar-refractivity contribution in [2.24, 2.45) is 0 Å². The van der Waals surface area contributed by atoms with Gasteiger partial charge in [0.1, 0.15) is 24.1 Å². The Morgan fingerprint density at radius 3 is 1.96 bits per heavy atom. The van der Waals surface area contributed by atoms with Crippen LogP contribution in [0.5, 0.6) is 11.5 Å². The number of nitrogens with zero attached hydrogens (tertiary/aromatic N) is 2. The third-order valence-electron chi connectivity index (χ3n) is 7.45. The molecule has 0 saturated carbocycles. The Balaban J connectivity index is 1.71. The number of carbonyl (C=O) groups is 2. The number of hydrogen-bond acceptors (Lipinski definition) is 5. The van der Waals surface area contributed by atoms with Crippen LogP contribution in [0, 0.1) is 0 Å². The quantitative estimate of drug-likeness (QED) is 0.153. The molecule has 0 heterocycles. The minimum absolute atomic E-state index is 0.121. The minimum Gasteiger partial charge on any atom is -0.457 e. The highest BCUT2D eigenvalue weighted by atomic mass is 35.5. The number of rotatable bonds is 14. The predicted octanol–water partition coefficient (Wildman–Crippen LogP) is 7.11. The maximum absolute atomic E-state index is 14.3. The van der Waals surface area contributed by atoms with Crippen molar-refractivity contribution < 1.29 is 22.7 Å². The van der Waals surface area contributed by atoms with E-state index in [1.54, 1.807) is 54.6 Å². The first-order valence-electron chi connectivity index (χ1n) is 14.8. The molecule has 0 aliphatic rings. The molecule has 0 radical (unpaired) electrons. The summed E-state index contributed by atoms with van der Waals surface area (Å²) < 4.78 is 33.1. The molecule has 0 spiro atoms. The van der Waals surface area contributed by atoms with Crippen LogP contribution in [0.1, 0.15) is 31.4 Å². The molecule has 0 aliphatic heterocycles. The number of halogens is 2. The predicted molar refractivity (Wildman–Crippen MR) is 184 cm³/mol. The second kappa shape index (κ2) is 16.0. The third kappa shape index (κ3) is 9.48. The van der Waals surface area contributed by atoms with E-state index in [1.807, 2.05) is 62.4 Å². The average molecular weight is 683 g/mol.